The van der Waals surface area contributed by atoms with Gasteiger partial charge >= 0.3 is 5.97 Å². The zero-order chi connectivity index (χ0) is 13.1. The first-order valence-electron chi connectivity index (χ1n) is 6.53. The number of hydrogen-bond acceptors (Lipinski definition) is 3. The fourth-order valence-electron chi connectivity index (χ4n) is 2.67. The number of amides is 1. The van der Waals surface area contributed by atoms with Crippen LogP contribution in [0.4, 0.5) is 0 Å². The highest BCUT2D eigenvalue weighted by Crippen LogP contribution is 2.24. The van der Waals surface area contributed by atoms with Crippen LogP contribution in [-0.4, -0.2) is 29.1 Å². The average Bonchev–Trinajstić information content (AvgIpc) is 2.78. The molecule has 0 spiro atoms. The third kappa shape index (κ3) is 3.10. The first-order chi connectivity index (χ1) is 8.56. The third-order valence-electron chi connectivity index (χ3n) is 3.87. The minimum atomic E-state index is -0.827. The van der Waals surface area contributed by atoms with Crippen LogP contribution in [0.1, 0.15) is 32.1 Å². The SMILES string of the molecule is NC1CCC(C(=O)NC2C=CC(C(=O)O)C2)CC1. The molecule has 0 aromatic heterocycles. The van der Waals surface area contributed by atoms with Crippen molar-refractivity contribution in [1.82, 2.24) is 5.32 Å². The van der Waals surface area contributed by atoms with E-state index in [1.54, 1.807) is 12.2 Å². The van der Waals surface area contributed by atoms with Crippen molar-refractivity contribution in [2.24, 2.45) is 17.6 Å². The Balaban J connectivity index is 1.79. The molecule has 5 nitrogen and oxygen atoms in total. The number of aliphatic carboxylic acids is 1. The highest BCUT2D eigenvalue weighted by molar-refractivity contribution is 5.80. The molecule has 0 saturated heterocycles. The minimum Gasteiger partial charge on any atom is -0.481 e. The molecule has 1 fully saturated rings. The molecule has 0 aromatic rings. The lowest BCUT2D eigenvalue weighted by molar-refractivity contribution is -0.140. The number of nitrogens with one attached hydrogen (secondary N) is 1. The van der Waals surface area contributed by atoms with E-state index >= 15 is 0 Å². The summed E-state index contributed by atoms with van der Waals surface area (Å²) in [4.78, 5) is 22.8. The molecule has 2 rings (SSSR count). The number of rotatable bonds is 3. The molecule has 0 heterocycles. The molecular weight excluding hydrogens is 232 g/mol. The Morgan fingerprint density at radius 2 is 1.83 bits per heavy atom. The Kier molecular flexibility index (Phi) is 4.01. The molecule has 1 saturated carbocycles. The van der Waals surface area contributed by atoms with Gasteiger partial charge < -0.3 is 16.2 Å². The molecule has 18 heavy (non-hydrogen) atoms. The molecule has 2 aliphatic rings. The van der Waals surface area contributed by atoms with Gasteiger partial charge in [0.25, 0.3) is 0 Å². The lowest BCUT2D eigenvalue weighted by Gasteiger charge is -2.26. The number of carbonyl (C=O) groups excluding carboxylic acids is 1. The molecule has 2 aliphatic carbocycles. The lowest BCUT2D eigenvalue weighted by Crippen LogP contribution is -2.40. The summed E-state index contributed by atoms with van der Waals surface area (Å²) >= 11 is 0. The normalized spacial score (nSPS) is 35.4. The van der Waals surface area contributed by atoms with Crippen molar-refractivity contribution in [1.29, 1.82) is 0 Å². The number of carbonyl (C=O) groups is 2. The van der Waals surface area contributed by atoms with Crippen molar-refractivity contribution in [3.63, 3.8) is 0 Å². The van der Waals surface area contributed by atoms with Crippen molar-refractivity contribution in [2.45, 2.75) is 44.2 Å². The maximum Gasteiger partial charge on any atom is 0.310 e. The van der Waals surface area contributed by atoms with Crippen LogP contribution in [0.3, 0.4) is 0 Å². The van der Waals surface area contributed by atoms with Crippen LogP contribution in [0.15, 0.2) is 12.2 Å². The van der Waals surface area contributed by atoms with E-state index in [1.165, 1.54) is 0 Å². The molecule has 2 unspecified atom stereocenters. The van der Waals surface area contributed by atoms with Crippen molar-refractivity contribution < 1.29 is 14.7 Å². The van der Waals surface area contributed by atoms with Gasteiger partial charge in [-0.25, -0.2) is 0 Å². The van der Waals surface area contributed by atoms with Gasteiger partial charge in [0.2, 0.25) is 5.91 Å². The van der Waals surface area contributed by atoms with Crippen LogP contribution in [0.2, 0.25) is 0 Å². The van der Waals surface area contributed by atoms with E-state index < -0.39 is 11.9 Å². The molecular formula is C13H20N2O3. The van der Waals surface area contributed by atoms with Crippen LogP contribution in [0.25, 0.3) is 0 Å². The first kappa shape index (κ1) is 13.1. The predicted octanol–water partition coefficient (Wildman–Crippen LogP) is 0.649. The van der Waals surface area contributed by atoms with Gasteiger partial charge in [-0.1, -0.05) is 12.2 Å². The van der Waals surface area contributed by atoms with Gasteiger partial charge in [0.15, 0.2) is 0 Å². The van der Waals surface area contributed by atoms with Gasteiger partial charge in [-0.2, -0.15) is 0 Å². The minimum absolute atomic E-state index is 0.0436. The standard InChI is InChI=1S/C13H20N2O3/c14-10-4-1-8(2-5-10)12(16)15-11-6-3-9(7-11)13(17)18/h3,6,8-11H,1-2,4-5,7,14H2,(H,15,16)(H,17,18). The Hall–Kier alpha value is -1.36. The average molecular weight is 252 g/mol. The molecule has 2 atom stereocenters. The van der Waals surface area contributed by atoms with E-state index in [0.717, 1.165) is 25.7 Å². The molecule has 0 aliphatic heterocycles. The Bertz CT molecular complexity index is 359. The van der Waals surface area contributed by atoms with Gasteiger partial charge in [-0.05, 0) is 32.1 Å². The zero-order valence-corrected chi connectivity index (χ0v) is 10.3. The van der Waals surface area contributed by atoms with Gasteiger partial charge in [-0.15, -0.1) is 0 Å². The molecule has 4 N–H and O–H groups in total. The zero-order valence-electron chi connectivity index (χ0n) is 10.3. The van der Waals surface area contributed by atoms with E-state index in [1.807, 2.05) is 0 Å². The molecule has 5 heteroatoms. The summed E-state index contributed by atoms with van der Waals surface area (Å²) < 4.78 is 0. The van der Waals surface area contributed by atoms with Gasteiger partial charge in [0, 0.05) is 18.0 Å². The summed E-state index contributed by atoms with van der Waals surface area (Å²) in [5.41, 5.74) is 5.80. The molecule has 0 radical (unpaired) electrons. The van der Waals surface area contributed by atoms with Crippen molar-refractivity contribution >= 4 is 11.9 Å². The fourth-order valence-corrected chi connectivity index (χ4v) is 2.67. The van der Waals surface area contributed by atoms with Crippen LogP contribution in [-0.2, 0) is 9.59 Å². The summed E-state index contributed by atoms with van der Waals surface area (Å²) in [6.07, 6.45) is 7.38. The Labute approximate surface area is 106 Å². The largest absolute Gasteiger partial charge is 0.481 e. The van der Waals surface area contributed by atoms with E-state index in [9.17, 15) is 9.59 Å². The van der Waals surface area contributed by atoms with Crippen molar-refractivity contribution in [2.75, 3.05) is 0 Å². The Morgan fingerprint density at radius 3 is 2.39 bits per heavy atom. The second kappa shape index (κ2) is 5.52. The predicted molar refractivity (Wildman–Crippen MR) is 66.7 cm³/mol. The summed E-state index contributed by atoms with van der Waals surface area (Å²) in [6.45, 7) is 0. The monoisotopic (exact) mass is 252 g/mol. The molecule has 0 bridgehead atoms. The van der Waals surface area contributed by atoms with Crippen LogP contribution in [0.5, 0.6) is 0 Å². The maximum atomic E-state index is 12.0. The van der Waals surface area contributed by atoms with Gasteiger partial charge in [-0.3, -0.25) is 9.59 Å². The molecule has 100 valence electrons. The second-order valence-corrected chi connectivity index (χ2v) is 5.29. The van der Waals surface area contributed by atoms with Gasteiger partial charge in [0.05, 0.1) is 5.92 Å². The lowest BCUT2D eigenvalue weighted by atomic mass is 9.86. The van der Waals surface area contributed by atoms with Crippen LogP contribution >= 0.6 is 0 Å². The first-order valence-corrected chi connectivity index (χ1v) is 6.53. The van der Waals surface area contributed by atoms with Crippen molar-refractivity contribution in [3.8, 4) is 0 Å². The molecule has 1 amide bonds. The third-order valence-corrected chi connectivity index (χ3v) is 3.87. The smallest absolute Gasteiger partial charge is 0.310 e. The van der Waals surface area contributed by atoms with Crippen LogP contribution < -0.4 is 11.1 Å². The maximum absolute atomic E-state index is 12.0. The quantitative estimate of drug-likeness (QED) is 0.643. The molecule has 0 aromatic carbocycles. The Morgan fingerprint density at radius 1 is 1.17 bits per heavy atom. The number of carboxylic acid groups (broad SMARTS) is 1. The van der Waals surface area contributed by atoms with E-state index in [2.05, 4.69) is 5.32 Å². The number of carboxylic acids is 1. The van der Waals surface area contributed by atoms with Crippen LogP contribution in [0, 0.1) is 11.8 Å². The summed E-state index contributed by atoms with van der Waals surface area (Å²) in [7, 11) is 0. The second-order valence-electron chi connectivity index (χ2n) is 5.29. The fraction of sp³-hybridized carbons (Fsp3) is 0.692. The van der Waals surface area contributed by atoms with E-state index in [0.29, 0.717) is 6.42 Å². The summed E-state index contributed by atoms with van der Waals surface area (Å²) in [6, 6.07) is 0.103. The van der Waals surface area contributed by atoms with E-state index in [4.69, 9.17) is 10.8 Å². The topological polar surface area (TPSA) is 92.4 Å². The number of nitrogens with two attached hydrogens (primary N) is 1. The highest BCUT2D eigenvalue weighted by Gasteiger charge is 2.29. The highest BCUT2D eigenvalue weighted by atomic mass is 16.4. The number of hydrogen-bond donors (Lipinski definition) is 3. The van der Waals surface area contributed by atoms with Gasteiger partial charge in [0.1, 0.15) is 0 Å². The summed E-state index contributed by atoms with van der Waals surface area (Å²) in [5, 5.41) is 11.8. The summed E-state index contributed by atoms with van der Waals surface area (Å²) in [5.74, 6) is -1.20. The van der Waals surface area contributed by atoms with E-state index in [-0.39, 0.29) is 23.9 Å². The van der Waals surface area contributed by atoms with Crippen molar-refractivity contribution in [3.05, 3.63) is 12.2 Å².